The minimum Gasteiger partial charge on any atom is -0.465 e. The SMILES string of the molecule is CCOC(=O)C(C(=O)NN1CCCCC1)C(=O)c1ccc(Cl)cc1Cl. The van der Waals surface area contributed by atoms with Gasteiger partial charge in [0.1, 0.15) is 0 Å². The van der Waals surface area contributed by atoms with Gasteiger partial charge in [0, 0.05) is 23.7 Å². The van der Waals surface area contributed by atoms with Crippen molar-refractivity contribution in [1.29, 1.82) is 0 Å². The minimum absolute atomic E-state index is 0.0536. The number of halogens is 2. The molecule has 0 aromatic heterocycles. The summed E-state index contributed by atoms with van der Waals surface area (Å²) in [5.41, 5.74) is 2.70. The van der Waals surface area contributed by atoms with Crippen molar-refractivity contribution in [3.05, 3.63) is 33.8 Å². The van der Waals surface area contributed by atoms with Crippen LogP contribution in [-0.2, 0) is 14.3 Å². The standard InChI is InChI=1S/C17H20Cl2N2O4/c1-2-25-17(24)14(16(23)20-21-8-4-3-5-9-21)15(22)12-7-6-11(18)10-13(12)19/h6-7,10,14H,2-5,8-9H2,1H3,(H,20,23). The molecule has 1 fully saturated rings. The van der Waals surface area contributed by atoms with Crippen LogP contribution in [0.2, 0.25) is 10.0 Å². The first-order valence-corrected chi connectivity index (χ1v) is 8.91. The van der Waals surface area contributed by atoms with Crippen molar-refractivity contribution in [2.45, 2.75) is 26.2 Å². The Bertz CT molecular complexity index is 660. The van der Waals surface area contributed by atoms with E-state index in [0.29, 0.717) is 18.1 Å². The molecular weight excluding hydrogens is 367 g/mol. The van der Waals surface area contributed by atoms with E-state index in [1.165, 1.54) is 18.2 Å². The maximum absolute atomic E-state index is 12.8. The number of ketones is 1. The maximum atomic E-state index is 12.8. The number of rotatable bonds is 6. The molecule has 25 heavy (non-hydrogen) atoms. The Kier molecular flexibility index (Phi) is 7.23. The van der Waals surface area contributed by atoms with Crippen molar-refractivity contribution in [3.63, 3.8) is 0 Å². The van der Waals surface area contributed by atoms with E-state index in [2.05, 4.69) is 5.43 Å². The van der Waals surface area contributed by atoms with E-state index in [4.69, 9.17) is 27.9 Å². The molecule has 1 aromatic carbocycles. The fourth-order valence-corrected chi connectivity index (χ4v) is 3.13. The van der Waals surface area contributed by atoms with Crippen LogP contribution in [0.15, 0.2) is 18.2 Å². The molecule has 1 saturated heterocycles. The Labute approximate surface area is 156 Å². The lowest BCUT2D eigenvalue weighted by atomic mass is 9.96. The Morgan fingerprint density at radius 2 is 1.88 bits per heavy atom. The molecule has 6 nitrogen and oxygen atoms in total. The first-order chi connectivity index (χ1) is 11.9. The van der Waals surface area contributed by atoms with E-state index in [0.717, 1.165) is 19.3 Å². The lowest BCUT2D eigenvalue weighted by Crippen LogP contribution is -2.50. The third-order valence-electron chi connectivity index (χ3n) is 3.87. The van der Waals surface area contributed by atoms with Gasteiger partial charge in [-0.25, -0.2) is 5.01 Å². The van der Waals surface area contributed by atoms with E-state index < -0.39 is 23.6 Å². The summed E-state index contributed by atoms with van der Waals surface area (Å²) in [5, 5.41) is 2.15. The van der Waals surface area contributed by atoms with Crippen LogP contribution < -0.4 is 5.43 Å². The molecular formula is C17H20Cl2N2O4. The van der Waals surface area contributed by atoms with Crippen LogP contribution in [0.4, 0.5) is 0 Å². The van der Waals surface area contributed by atoms with Crippen LogP contribution >= 0.6 is 23.2 Å². The number of hydrogen-bond donors (Lipinski definition) is 1. The van der Waals surface area contributed by atoms with Gasteiger partial charge in [-0.3, -0.25) is 19.8 Å². The number of amides is 1. The van der Waals surface area contributed by atoms with E-state index in [1.54, 1.807) is 11.9 Å². The summed E-state index contributed by atoms with van der Waals surface area (Å²) in [4.78, 5) is 37.6. The number of hydrazine groups is 1. The molecule has 1 atom stereocenters. The summed E-state index contributed by atoms with van der Waals surface area (Å²) in [6.45, 7) is 3.03. The third kappa shape index (κ3) is 5.17. The second-order valence-corrected chi connectivity index (χ2v) is 6.54. The zero-order chi connectivity index (χ0) is 18.4. The summed E-state index contributed by atoms with van der Waals surface area (Å²) in [7, 11) is 0. The van der Waals surface area contributed by atoms with Gasteiger partial charge in [0.15, 0.2) is 11.7 Å². The van der Waals surface area contributed by atoms with Crippen LogP contribution in [0, 0.1) is 5.92 Å². The molecule has 0 saturated carbocycles. The van der Waals surface area contributed by atoms with Crippen molar-refractivity contribution in [3.8, 4) is 0 Å². The zero-order valence-electron chi connectivity index (χ0n) is 13.9. The molecule has 1 aliphatic rings. The summed E-state index contributed by atoms with van der Waals surface area (Å²) in [5.74, 6) is -3.93. The van der Waals surface area contributed by atoms with Gasteiger partial charge in [-0.05, 0) is 38.0 Å². The Balaban J connectivity index is 2.23. The van der Waals surface area contributed by atoms with Crippen molar-refractivity contribution in [2.24, 2.45) is 5.92 Å². The van der Waals surface area contributed by atoms with Crippen molar-refractivity contribution in [2.75, 3.05) is 19.7 Å². The number of esters is 1. The van der Waals surface area contributed by atoms with Crippen LogP contribution in [-0.4, -0.2) is 42.4 Å². The number of hydrogen-bond acceptors (Lipinski definition) is 5. The highest BCUT2D eigenvalue weighted by Crippen LogP contribution is 2.24. The minimum atomic E-state index is -1.61. The average molecular weight is 387 g/mol. The molecule has 1 heterocycles. The molecule has 2 rings (SSSR count). The monoisotopic (exact) mass is 386 g/mol. The zero-order valence-corrected chi connectivity index (χ0v) is 15.4. The van der Waals surface area contributed by atoms with Gasteiger partial charge in [-0.2, -0.15) is 0 Å². The number of piperidine rings is 1. The second kappa shape index (κ2) is 9.17. The smallest absolute Gasteiger partial charge is 0.326 e. The molecule has 1 amide bonds. The Hall–Kier alpha value is -1.63. The average Bonchev–Trinajstić information content (AvgIpc) is 2.56. The number of Topliss-reactive ketones (excluding diaryl/α,β-unsaturated/α-hetero) is 1. The van der Waals surface area contributed by atoms with Gasteiger partial charge in [0.05, 0.1) is 11.6 Å². The fourth-order valence-electron chi connectivity index (χ4n) is 2.63. The molecule has 1 N–H and O–H groups in total. The van der Waals surface area contributed by atoms with E-state index in [1.807, 2.05) is 0 Å². The predicted molar refractivity (Wildman–Crippen MR) is 94.5 cm³/mol. The van der Waals surface area contributed by atoms with E-state index in [-0.39, 0.29) is 17.2 Å². The Morgan fingerprint density at radius 3 is 2.48 bits per heavy atom. The van der Waals surface area contributed by atoms with Gasteiger partial charge < -0.3 is 4.74 Å². The van der Waals surface area contributed by atoms with Crippen molar-refractivity contribution >= 4 is 40.9 Å². The highest BCUT2D eigenvalue weighted by atomic mass is 35.5. The summed E-state index contributed by atoms with van der Waals surface area (Å²) in [6.07, 6.45) is 2.98. The quantitative estimate of drug-likeness (QED) is 0.462. The van der Waals surface area contributed by atoms with Gasteiger partial charge in [0.2, 0.25) is 0 Å². The molecule has 1 aromatic rings. The molecule has 8 heteroatoms. The first kappa shape index (κ1) is 19.7. The van der Waals surface area contributed by atoms with E-state index in [9.17, 15) is 14.4 Å². The number of carbonyl (C=O) groups excluding carboxylic acids is 3. The largest absolute Gasteiger partial charge is 0.465 e. The lowest BCUT2D eigenvalue weighted by Gasteiger charge is -2.28. The molecule has 0 spiro atoms. The fraction of sp³-hybridized carbons (Fsp3) is 0.471. The van der Waals surface area contributed by atoms with Crippen LogP contribution in [0.3, 0.4) is 0 Å². The summed E-state index contributed by atoms with van der Waals surface area (Å²) >= 11 is 11.9. The number of nitrogens with zero attached hydrogens (tertiary/aromatic N) is 1. The molecule has 0 aliphatic carbocycles. The first-order valence-electron chi connectivity index (χ1n) is 8.15. The van der Waals surface area contributed by atoms with Gasteiger partial charge >= 0.3 is 5.97 Å². The highest BCUT2D eigenvalue weighted by molar-refractivity contribution is 6.38. The molecule has 0 radical (unpaired) electrons. The van der Waals surface area contributed by atoms with Crippen LogP contribution in [0.1, 0.15) is 36.5 Å². The maximum Gasteiger partial charge on any atom is 0.326 e. The molecule has 136 valence electrons. The van der Waals surface area contributed by atoms with Gasteiger partial charge in [0.25, 0.3) is 5.91 Å². The Morgan fingerprint density at radius 1 is 1.20 bits per heavy atom. The van der Waals surface area contributed by atoms with Crippen LogP contribution in [0.5, 0.6) is 0 Å². The predicted octanol–water partition coefficient (Wildman–Crippen LogP) is 2.87. The molecule has 1 aliphatic heterocycles. The van der Waals surface area contributed by atoms with Crippen molar-refractivity contribution < 1.29 is 19.1 Å². The number of ether oxygens (including phenoxy) is 1. The number of nitrogens with one attached hydrogen (secondary N) is 1. The lowest BCUT2D eigenvalue weighted by molar-refractivity contribution is -0.151. The van der Waals surface area contributed by atoms with Crippen LogP contribution in [0.25, 0.3) is 0 Å². The number of benzene rings is 1. The van der Waals surface area contributed by atoms with Crippen molar-refractivity contribution in [1.82, 2.24) is 10.4 Å². The third-order valence-corrected chi connectivity index (χ3v) is 4.42. The van der Waals surface area contributed by atoms with E-state index >= 15 is 0 Å². The summed E-state index contributed by atoms with van der Waals surface area (Å²) in [6, 6.07) is 4.26. The highest BCUT2D eigenvalue weighted by Gasteiger charge is 2.37. The summed E-state index contributed by atoms with van der Waals surface area (Å²) < 4.78 is 4.91. The molecule has 1 unspecified atom stereocenters. The normalized spacial score (nSPS) is 16.1. The van der Waals surface area contributed by atoms with Gasteiger partial charge in [-0.15, -0.1) is 0 Å². The topological polar surface area (TPSA) is 75.7 Å². The molecule has 0 bridgehead atoms. The second-order valence-electron chi connectivity index (χ2n) is 5.70. The number of carbonyl (C=O) groups is 3. The van der Waals surface area contributed by atoms with Gasteiger partial charge in [-0.1, -0.05) is 29.6 Å².